The average Bonchev–Trinajstić information content (AvgIpc) is 2.82. The molecule has 0 saturated heterocycles. The van der Waals surface area contributed by atoms with Crippen LogP contribution in [0.15, 0.2) is 42.5 Å². The van der Waals surface area contributed by atoms with Crippen LogP contribution in [-0.2, 0) is 19.5 Å². The third-order valence-electron chi connectivity index (χ3n) is 3.88. The number of aryl methyl sites for hydroxylation is 1. The van der Waals surface area contributed by atoms with Crippen LogP contribution in [0.1, 0.15) is 22.3 Å². The zero-order valence-corrected chi connectivity index (χ0v) is 11.4. The lowest BCUT2D eigenvalue weighted by Crippen LogP contribution is -2.16. The number of hydrogen-bond acceptors (Lipinski definition) is 2. The lowest BCUT2D eigenvalue weighted by Gasteiger charge is -2.21. The van der Waals surface area contributed by atoms with Gasteiger partial charge in [0, 0.05) is 18.8 Å². The number of benzene rings is 2. The second-order valence-electron chi connectivity index (χ2n) is 5.28. The molecule has 1 aliphatic rings. The molecule has 3 rings (SSSR count). The van der Waals surface area contributed by atoms with Crippen molar-refractivity contribution in [1.82, 2.24) is 0 Å². The monoisotopic (exact) mass is 252 g/mol. The smallest absolute Gasteiger partial charge is 0.0436 e. The highest BCUT2D eigenvalue weighted by molar-refractivity contribution is 5.57. The van der Waals surface area contributed by atoms with E-state index in [4.69, 9.17) is 5.73 Å². The number of nitrogens with zero attached hydrogens (tertiary/aromatic N) is 1. The van der Waals surface area contributed by atoms with Gasteiger partial charge in [0.25, 0.3) is 0 Å². The maximum Gasteiger partial charge on any atom is 0.0436 e. The van der Waals surface area contributed by atoms with Crippen LogP contribution in [0.25, 0.3) is 0 Å². The van der Waals surface area contributed by atoms with Crippen molar-refractivity contribution in [3.63, 3.8) is 0 Å². The topological polar surface area (TPSA) is 29.3 Å². The van der Waals surface area contributed by atoms with Gasteiger partial charge < -0.3 is 10.6 Å². The van der Waals surface area contributed by atoms with Crippen molar-refractivity contribution in [1.29, 1.82) is 0 Å². The standard InChI is InChI=1S/C17H20N2/c1-13-10-14(8-9-18)6-7-17(13)19-11-15-4-2-3-5-16(15)12-19/h2-7,10H,8-9,11-12,18H2,1H3. The Bertz CT molecular complexity index is 565. The Morgan fingerprint density at radius 3 is 2.32 bits per heavy atom. The van der Waals surface area contributed by atoms with Crippen LogP contribution in [0.2, 0.25) is 0 Å². The maximum absolute atomic E-state index is 5.62. The molecule has 0 atom stereocenters. The van der Waals surface area contributed by atoms with Gasteiger partial charge in [-0.3, -0.25) is 0 Å². The van der Waals surface area contributed by atoms with E-state index in [9.17, 15) is 0 Å². The molecule has 98 valence electrons. The number of fused-ring (bicyclic) bond motifs is 1. The zero-order valence-electron chi connectivity index (χ0n) is 11.4. The molecule has 2 aromatic carbocycles. The molecule has 0 bridgehead atoms. The summed E-state index contributed by atoms with van der Waals surface area (Å²) >= 11 is 0. The molecule has 0 unspecified atom stereocenters. The molecular weight excluding hydrogens is 232 g/mol. The molecule has 0 spiro atoms. The Labute approximate surface area is 114 Å². The molecular formula is C17H20N2. The summed E-state index contributed by atoms with van der Waals surface area (Å²) in [5.74, 6) is 0. The summed E-state index contributed by atoms with van der Waals surface area (Å²) < 4.78 is 0. The van der Waals surface area contributed by atoms with Gasteiger partial charge >= 0.3 is 0 Å². The lowest BCUT2D eigenvalue weighted by molar-refractivity contribution is 0.872. The van der Waals surface area contributed by atoms with Crippen LogP contribution in [0.3, 0.4) is 0 Å². The summed E-state index contributed by atoms with van der Waals surface area (Å²) in [5, 5.41) is 0. The number of anilines is 1. The first-order chi connectivity index (χ1) is 9.28. The highest BCUT2D eigenvalue weighted by atomic mass is 15.1. The highest BCUT2D eigenvalue weighted by Gasteiger charge is 2.19. The Morgan fingerprint density at radius 2 is 1.74 bits per heavy atom. The van der Waals surface area contributed by atoms with Gasteiger partial charge in [0.2, 0.25) is 0 Å². The van der Waals surface area contributed by atoms with Gasteiger partial charge in [0.05, 0.1) is 0 Å². The van der Waals surface area contributed by atoms with Crippen LogP contribution >= 0.6 is 0 Å². The molecule has 0 aliphatic carbocycles. The lowest BCUT2D eigenvalue weighted by atomic mass is 10.1. The van der Waals surface area contributed by atoms with Crippen molar-refractivity contribution in [2.24, 2.45) is 5.73 Å². The van der Waals surface area contributed by atoms with Gasteiger partial charge in [0.15, 0.2) is 0 Å². The molecule has 1 aliphatic heterocycles. The molecule has 0 radical (unpaired) electrons. The maximum atomic E-state index is 5.62. The Balaban J connectivity index is 1.85. The Hall–Kier alpha value is -1.80. The highest BCUT2D eigenvalue weighted by Crippen LogP contribution is 2.30. The van der Waals surface area contributed by atoms with E-state index in [1.54, 1.807) is 0 Å². The number of nitrogens with two attached hydrogens (primary N) is 1. The number of rotatable bonds is 3. The molecule has 2 nitrogen and oxygen atoms in total. The van der Waals surface area contributed by atoms with Crippen molar-refractivity contribution < 1.29 is 0 Å². The second kappa shape index (κ2) is 5.06. The molecule has 0 fully saturated rings. The fraction of sp³-hybridized carbons (Fsp3) is 0.294. The van der Waals surface area contributed by atoms with E-state index >= 15 is 0 Å². The molecule has 2 aromatic rings. The summed E-state index contributed by atoms with van der Waals surface area (Å²) in [6, 6.07) is 15.4. The minimum absolute atomic E-state index is 0.716. The predicted molar refractivity (Wildman–Crippen MR) is 80.3 cm³/mol. The van der Waals surface area contributed by atoms with E-state index in [2.05, 4.69) is 54.3 Å². The van der Waals surface area contributed by atoms with Crippen molar-refractivity contribution in [3.05, 3.63) is 64.7 Å². The van der Waals surface area contributed by atoms with Crippen LogP contribution in [0.5, 0.6) is 0 Å². The van der Waals surface area contributed by atoms with E-state index < -0.39 is 0 Å². The average molecular weight is 252 g/mol. The summed E-state index contributed by atoms with van der Waals surface area (Å²) in [6.07, 6.45) is 0.960. The summed E-state index contributed by atoms with van der Waals surface area (Å²) in [7, 11) is 0. The number of hydrogen-bond donors (Lipinski definition) is 1. The first-order valence-corrected chi connectivity index (χ1v) is 6.89. The zero-order chi connectivity index (χ0) is 13.2. The largest absolute Gasteiger partial charge is 0.363 e. The third-order valence-corrected chi connectivity index (χ3v) is 3.88. The van der Waals surface area contributed by atoms with Gasteiger partial charge in [0.1, 0.15) is 0 Å². The predicted octanol–water partition coefficient (Wildman–Crippen LogP) is 3.02. The molecule has 0 aromatic heterocycles. The van der Waals surface area contributed by atoms with Crippen LogP contribution < -0.4 is 10.6 Å². The van der Waals surface area contributed by atoms with E-state index in [1.807, 2.05) is 0 Å². The third kappa shape index (κ3) is 2.36. The first-order valence-electron chi connectivity index (χ1n) is 6.89. The van der Waals surface area contributed by atoms with E-state index in [0.29, 0.717) is 6.54 Å². The van der Waals surface area contributed by atoms with E-state index in [1.165, 1.54) is 27.9 Å². The molecule has 0 saturated carbocycles. The minimum Gasteiger partial charge on any atom is -0.363 e. The fourth-order valence-corrected chi connectivity index (χ4v) is 2.90. The molecule has 2 heteroatoms. The first kappa shape index (κ1) is 12.2. The van der Waals surface area contributed by atoms with Crippen molar-refractivity contribution >= 4 is 5.69 Å². The van der Waals surface area contributed by atoms with Crippen molar-refractivity contribution in [2.75, 3.05) is 11.4 Å². The van der Waals surface area contributed by atoms with Crippen molar-refractivity contribution in [3.8, 4) is 0 Å². The van der Waals surface area contributed by atoms with Gasteiger partial charge in [-0.05, 0) is 48.2 Å². The molecule has 0 amide bonds. The van der Waals surface area contributed by atoms with E-state index in [0.717, 1.165) is 19.5 Å². The summed E-state index contributed by atoms with van der Waals surface area (Å²) in [4.78, 5) is 2.45. The SMILES string of the molecule is Cc1cc(CCN)ccc1N1Cc2ccccc2C1. The van der Waals surface area contributed by atoms with Gasteiger partial charge in [-0.2, -0.15) is 0 Å². The molecule has 1 heterocycles. The van der Waals surface area contributed by atoms with Crippen LogP contribution in [0, 0.1) is 6.92 Å². The van der Waals surface area contributed by atoms with Gasteiger partial charge in [-0.15, -0.1) is 0 Å². The molecule has 19 heavy (non-hydrogen) atoms. The van der Waals surface area contributed by atoms with E-state index in [-0.39, 0.29) is 0 Å². The van der Waals surface area contributed by atoms with Crippen LogP contribution in [0.4, 0.5) is 5.69 Å². The molecule has 2 N–H and O–H groups in total. The van der Waals surface area contributed by atoms with Gasteiger partial charge in [-0.25, -0.2) is 0 Å². The Morgan fingerprint density at radius 1 is 1.05 bits per heavy atom. The summed E-state index contributed by atoms with van der Waals surface area (Å²) in [6.45, 7) is 4.95. The van der Waals surface area contributed by atoms with Crippen molar-refractivity contribution in [2.45, 2.75) is 26.4 Å². The minimum atomic E-state index is 0.716. The quantitative estimate of drug-likeness (QED) is 0.910. The van der Waals surface area contributed by atoms with Crippen LogP contribution in [-0.4, -0.2) is 6.54 Å². The van der Waals surface area contributed by atoms with Gasteiger partial charge in [-0.1, -0.05) is 36.4 Å². The summed E-state index contributed by atoms with van der Waals surface area (Å²) in [5.41, 5.74) is 12.5. The fourth-order valence-electron chi connectivity index (χ4n) is 2.90. The second-order valence-corrected chi connectivity index (χ2v) is 5.28. The normalized spacial score (nSPS) is 13.7. The Kier molecular flexibility index (Phi) is 3.26.